The monoisotopic (exact) mass is 405 g/mol. The Labute approximate surface area is 148 Å². The van der Waals surface area contributed by atoms with E-state index >= 15 is 0 Å². The maximum atomic E-state index is 11.3. The van der Waals surface area contributed by atoms with Crippen LogP contribution in [-0.4, -0.2) is 41.7 Å². The van der Waals surface area contributed by atoms with Crippen LogP contribution in [0.15, 0.2) is 12.1 Å². The fourth-order valence-corrected chi connectivity index (χ4v) is 2.22. The molecule has 9 heteroatoms. The van der Waals surface area contributed by atoms with Gasteiger partial charge in [0.05, 0.1) is 43.0 Å². The van der Waals surface area contributed by atoms with Crippen LogP contribution in [0.25, 0.3) is 0 Å². The summed E-state index contributed by atoms with van der Waals surface area (Å²) in [5.41, 5.74) is 0.252. The Morgan fingerprint density at radius 2 is 2.08 bits per heavy atom. The number of halogens is 1. The van der Waals surface area contributed by atoms with Gasteiger partial charge in [-0.1, -0.05) is 15.9 Å². The van der Waals surface area contributed by atoms with E-state index in [0.717, 1.165) is 0 Å². The summed E-state index contributed by atoms with van der Waals surface area (Å²) in [5.74, 6) is -0.393. The molecule has 0 aromatic heterocycles. The van der Waals surface area contributed by atoms with E-state index in [1.165, 1.54) is 19.2 Å². The third-order valence-electron chi connectivity index (χ3n) is 3.19. The highest BCUT2D eigenvalue weighted by atomic mass is 79.9. The first-order chi connectivity index (χ1) is 11.4. The lowest BCUT2D eigenvalue weighted by Gasteiger charge is -2.16. The fraction of sp³-hybridized carbons (Fsp3) is 0.533. The van der Waals surface area contributed by atoms with Gasteiger partial charge in [-0.3, -0.25) is 14.9 Å². The van der Waals surface area contributed by atoms with Crippen LogP contribution >= 0.6 is 15.9 Å². The molecule has 1 aromatic carbocycles. The Morgan fingerprint density at radius 3 is 2.62 bits per heavy atom. The minimum atomic E-state index is -0.926. The molecule has 8 nitrogen and oxygen atoms in total. The molecule has 0 saturated carbocycles. The minimum Gasteiger partial charge on any atom is -0.493 e. The van der Waals surface area contributed by atoms with E-state index < -0.39 is 17.0 Å². The lowest BCUT2D eigenvalue weighted by molar-refractivity contribution is -0.386. The first kappa shape index (κ1) is 20.2. The first-order valence-corrected chi connectivity index (χ1v) is 8.41. The SMILES string of the molecule is COc1cc(C(C)OCCBr)c([N+](=O)[O-])cc1OCCCC(=O)O. The summed E-state index contributed by atoms with van der Waals surface area (Å²) in [6.07, 6.45) is -0.239. The molecule has 0 aliphatic carbocycles. The number of aliphatic carboxylic acids is 1. The molecule has 0 heterocycles. The van der Waals surface area contributed by atoms with Crippen LogP contribution in [0.4, 0.5) is 5.69 Å². The Balaban J connectivity index is 3.02. The molecule has 0 spiro atoms. The van der Waals surface area contributed by atoms with Gasteiger partial charge in [-0.25, -0.2) is 0 Å². The lowest BCUT2D eigenvalue weighted by atomic mass is 10.1. The summed E-state index contributed by atoms with van der Waals surface area (Å²) in [6.45, 7) is 2.25. The number of nitro benzene ring substituents is 1. The van der Waals surface area contributed by atoms with Crippen LogP contribution in [0.5, 0.6) is 11.5 Å². The first-order valence-electron chi connectivity index (χ1n) is 7.29. The fourth-order valence-electron chi connectivity index (χ4n) is 2.04. The van der Waals surface area contributed by atoms with E-state index in [1.807, 2.05) is 0 Å². The second-order valence-corrected chi connectivity index (χ2v) is 5.66. The van der Waals surface area contributed by atoms with Gasteiger partial charge in [0.1, 0.15) is 0 Å². The van der Waals surface area contributed by atoms with E-state index in [1.54, 1.807) is 6.92 Å². The highest BCUT2D eigenvalue weighted by Gasteiger charge is 2.24. The molecule has 0 amide bonds. The normalized spacial score (nSPS) is 11.8. The summed E-state index contributed by atoms with van der Waals surface area (Å²) in [4.78, 5) is 21.3. The molecule has 0 radical (unpaired) electrons. The molecule has 0 saturated heterocycles. The van der Waals surface area contributed by atoms with Crippen LogP contribution in [0, 0.1) is 10.1 Å². The summed E-state index contributed by atoms with van der Waals surface area (Å²) < 4.78 is 16.2. The van der Waals surface area contributed by atoms with Crippen molar-refractivity contribution in [1.82, 2.24) is 0 Å². The number of alkyl halides is 1. The van der Waals surface area contributed by atoms with Gasteiger partial charge in [-0.2, -0.15) is 0 Å². The standard InChI is InChI=1S/C15H20BrNO7/c1-10(23-7-5-16)11-8-13(22-2)14(9-12(11)17(20)21)24-6-3-4-15(18)19/h8-10H,3-7H2,1-2H3,(H,18,19). The zero-order valence-electron chi connectivity index (χ0n) is 13.5. The molecule has 1 rings (SSSR count). The minimum absolute atomic E-state index is 0.0418. The van der Waals surface area contributed by atoms with Gasteiger partial charge in [-0.05, 0) is 19.4 Å². The highest BCUT2D eigenvalue weighted by Crippen LogP contribution is 2.38. The number of carboxylic acids is 1. The van der Waals surface area contributed by atoms with E-state index in [-0.39, 0.29) is 24.5 Å². The number of nitrogens with zero attached hydrogens (tertiary/aromatic N) is 1. The molecular formula is C15H20BrNO7. The zero-order valence-corrected chi connectivity index (χ0v) is 15.1. The smallest absolute Gasteiger partial charge is 0.303 e. The Hall–Kier alpha value is -1.87. The molecule has 1 N–H and O–H groups in total. The maximum Gasteiger partial charge on any atom is 0.303 e. The molecule has 0 fully saturated rings. The number of hydrogen-bond donors (Lipinski definition) is 1. The molecule has 0 aliphatic rings. The van der Waals surface area contributed by atoms with Crippen molar-refractivity contribution < 1.29 is 29.0 Å². The topological polar surface area (TPSA) is 108 Å². The van der Waals surface area contributed by atoms with Gasteiger partial charge in [0.25, 0.3) is 5.69 Å². The van der Waals surface area contributed by atoms with Crippen molar-refractivity contribution in [2.45, 2.75) is 25.9 Å². The molecular weight excluding hydrogens is 386 g/mol. The van der Waals surface area contributed by atoms with Gasteiger partial charge < -0.3 is 19.3 Å². The van der Waals surface area contributed by atoms with Crippen molar-refractivity contribution in [2.75, 3.05) is 25.7 Å². The molecule has 1 atom stereocenters. The third kappa shape index (κ3) is 5.97. The number of nitro groups is 1. The van der Waals surface area contributed by atoms with Crippen molar-refractivity contribution in [1.29, 1.82) is 0 Å². The van der Waals surface area contributed by atoms with Gasteiger partial charge in [-0.15, -0.1) is 0 Å². The number of rotatable bonds is 11. The van der Waals surface area contributed by atoms with Gasteiger partial charge in [0, 0.05) is 11.8 Å². The maximum absolute atomic E-state index is 11.3. The number of carbonyl (C=O) groups is 1. The van der Waals surface area contributed by atoms with Crippen LogP contribution in [0.2, 0.25) is 0 Å². The quantitative estimate of drug-likeness (QED) is 0.260. The Kier molecular flexibility index (Phi) is 8.48. The predicted molar refractivity (Wildman–Crippen MR) is 90.2 cm³/mol. The number of carboxylic acid groups (broad SMARTS) is 1. The Morgan fingerprint density at radius 1 is 1.38 bits per heavy atom. The average Bonchev–Trinajstić information content (AvgIpc) is 2.55. The van der Waals surface area contributed by atoms with Crippen molar-refractivity contribution in [2.24, 2.45) is 0 Å². The van der Waals surface area contributed by atoms with Crippen LogP contribution < -0.4 is 9.47 Å². The molecule has 1 unspecified atom stereocenters. The van der Waals surface area contributed by atoms with E-state index in [0.29, 0.717) is 29.7 Å². The van der Waals surface area contributed by atoms with Crippen molar-refractivity contribution in [3.63, 3.8) is 0 Å². The van der Waals surface area contributed by atoms with Gasteiger partial charge in [0.15, 0.2) is 11.5 Å². The number of ether oxygens (including phenoxy) is 3. The zero-order chi connectivity index (χ0) is 18.1. The third-order valence-corrected chi connectivity index (χ3v) is 3.51. The summed E-state index contributed by atoms with van der Waals surface area (Å²) in [5, 5.41) is 20.6. The van der Waals surface area contributed by atoms with Crippen molar-refractivity contribution in [3.8, 4) is 11.5 Å². The van der Waals surface area contributed by atoms with Crippen molar-refractivity contribution in [3.05, 3.63) is 27.8 Å². The van der Waals surface area contributed by atoms with Gasteiger partial charge >= 0.3 is 5.97 Å². The van der Waals surface area contributed by atoms with E-state index in [9.17, 15) is 14.9 Å². The Bertz CT molecular complexity index is 579. The van der Waals surface area contributed by atoms with Crippen LogP contribution in [0.1, 0.15) is 31.4 Å². The van der Waals surface area contributed by atoms with Crippen LogP contribution in [0.3, 0.4) is 0 Å². The largest absolute Gasteiger partial charge is 0.493 e. The van der Waals surface area contributed by atoms with E-state index in [4.69, 9.17) is 19.3 Å². The second kappa shape index (κ2) is 10.1. The highest BCUT2D eigenvalue weighted by molar-refractivity contribution is 9.09. The summed E-state index contributed by atoms with van der Waals surface area (Å²) >= 11 is 3.24. The van der Waals surface area contributed by atoms with E-state index in [2.05, 4.69) is 15.9 Å². The molecule has 1 aromatic rings. The van der Waals surface area contributed by atoms with Crippen LogP contribution in [-0.2, 0) is 9.53 Å². The van der Waals surface area contributed by atoms with Crippen molar-refractivity contribution >= 4 is 27.6 Å². The second-order valence-electron chi connectivity index (χ2n) is 4.87. The lowest BCUT2D eigenvalue weighted by Crippen LogP contribution is -2.08. The molecule has 0 bridgehead atoms. The number of benzene rings is 1. The summed E-state index contributed by atoms with van der Waals surface area (Å²) in [6, 6.07) is 2.80. The van der Waals surface area contributed by atoms with Gasteiger partial charge in [0.2, 0.25) is 0 Å². The average molecular weight is 406 g/mol. The predicted octanol–water partition coefficient (Wildman–Crippen LogP) is 3.32. The molecule has 24 heavy (non-hydrogen) atoms. The number of hydrogen-bond acceptors (Lipinski definition) is 6. The number of methoxy groups -OCH3 is 1. The summed E-state index contributed by atoms with van der Waals surface area (Å²) in [7, 11) is 1.43. The molecule has 0 aliphatic heterocycles. The molecule has 134 valence electrons.